The van der Waals surface area contributed by atoms with Crippen LogP contribution in [0.2, 0.25) is 0 Å². The molecule has 1 rings (SSSR count). The summed E-state index contributed by atoms with van der Waals surface area (Å²) in [6, 6.07) is 5.59. The van der Waals surface area contributed by atoms with Crippen molar-refractivity contribution in [3.05, 3.63) is 24.0 Å². The molecule has 0 fully saturated rings. The van der Waals surface area contributed by atoms with E-state index in [1.807, 2.05) is 6.07 Å². The Morgan fingerprint density at radius 1 is 1.73 bits per heavy atom. The number of aromatic nitrogens is 1. The van der Waals surface area contributed by atoms with Gasteiger partial charge in [0, 0.05) is 6.20 Å². The lowest BCUT2D eigenvalue weighted by Gasteiger charge is -2.01. The molecular weight excluding hydrogens is 140 g/mol. The van der Waals surface area contributed by atoms with Gasteiger partial charge in [0.05, 0.1) is 25.3 Å². The van der Waals surface area contributed by atoms with Gasteiger partial charge in [-0.3, -0.25) is 4.98 Å². The number of nitrogens with zero attached hydrogens (tertiary/aromatic N) is 2. The van der Waals surface area contributed by atoms with Gasteiger partial charge in [0.2, 0.25) is 0 Å². The van der Waals surface area contributed by atoms with E-state index in [0.717, 1.165) is 0 Å². The number of pyridine rings is 1. The van der Waals surface area contributed by atoms with E-state index < -0.39 is 0 Å². The van der Waals surface area contributed by atoms with E-state index in [2.05, 4.69) is 4.98 Å². The van der Waals surface area contributed by atoms with Gasteiger partial charge in [0.1, 0.15) is 5.75 Å². The molecule has 3 heteroatoms. The van der Waals surface area contributed by atoms with Gasteiger partial charge >= 0.3 is 0 Å². The van der Waals surface area contributed by atoms with E-state index in [0.29, 0.717) is 17.9 Å². The van der Waals surface area contributed by atoms with Gasteiger partial charge in [-0.25, -0.2) is 0 Å². The first-order valence-electron chi connectivity index (χ1n) is 3.23. The minimum Gasteiger partial charge on any atom is -0.495 e. The van der Waals surface area contributed by atoms with Crippen molar-refractivity contribution in [3.8, 4) is 11.8 Å². The second kappa shape index (κ2) is 3.57. The summed E-state index contributed by atoms with van der Waals surface area (Å²) in [5.74, 6) is 0.675. The summed E-state index contributed by atoms with van der Waals surface area (Å²) >= 11 is 0. The fourth-order valence-electron chi connectivity index (χ4n) is 0.817. The van der Waals surface area contributed by atoms with Crippen LogP contribution in [0, 0.1) is 11.3 Å². The summed E-state index contributed by atoms with van der Waals surface area (Å²) in [5.41, 5.74) is 0.692. The highest BCUT2D eigenvalue weighted by atomic mass is 16.5. The van der Waals surface area contributed by atoms with E-state index in [-0.39, 0.29) is 0 Å². The Morgan fingerprint density at radius 3 is 3.18 bits per heavy atom. The van der Waals surface area contributed by atoms with Gasteiger partial charge in [0.15, 0.2) is 0 Å². The Bertz CT molecular complexity index is 278. The molecule has 0 aliphatic rings. The first kappa shape index (κ1) is 7.55. The van der Waals surface area contributed by atoms with Crippen LogP contribution in [0.4, 0.5) is 0 Å². The molecule has 0 spiro atoms. The summed E-state index contributed by atoms with van der Waals surface area (Å²) in [6.45, 7) is 0. The molecule has 0 aliphatic carbocycles. The minimum atomic E-state index is 0.296. The Balaban J connectivity index is 2.94. The van der Waals surface area contributed by atoms with Crippen molar-refractivity contribution in [2.24, 2.45) is 0 Å². The molecule has 0 radical (unpaired) electrons. The Kier molecular flexibility index (Phi) is 2.45. The molecule has 0 aromatic carbocycles. The molecule has 0 atom stereocenters. The third kappa shape index (κ3) is 1.68. The van der Waals surface area contributed by atoms with Gasteiger partial charge < -0.3 is 4.74 Å². The molecule has 1 heterocycles. The van der Waals surface area contributed by atoms with Crippen LogP contribution >= 0.6 is 0 Å². The fraction of sp³-hybridized carbons (Fsp3) is 0.250. The molecule has 0 N–H and O–H groups in total. The lowest BCUT2D eigenvalue weighted by Crippen LogP contribution is -1.93. The summed E-state index contributed by atoms with van der Waals surface area (Å²) in [6.07, 6.45) is 1.94. The number of methoxy groups -OCH3 is 1. The Hall–Kier alpha value is -1.56. The quantitative estimate of drug-likeness (QED) is 0.632. The molecule has 1 aromatic rings. The van der Waals surface area contributed by atoms with E-state index in [4.69, 9.17) is 10.00 Å². The first-order valence-corrected chi connectivity index (χ1v) is 3.23. The van der Waals surface area contributed by atoms with Crippen molar-refractivity contribution in [1.82, 2.24) is 4.98 Å². The maximum Gasteiger partial charge on any atom is 0.141 e. The van der Waals surface area contributed by atoms with Gasteiger partial charge in [-0.05, 0) is 12.1 Å². The highest BCUT2D eigenvalue weighted by Crippen LogP contribution is 2.13. The number of hydrogen-bond acceptors (Lipinski definition) is 3. The van der Waals surface area contributed by atoms with Crippen LogP contribution in [0.3, 0.4) is 0 Å². The van der Waals surface area contributed by atoms with Gasteiger partial charge in [0.25, 0.3) is 0 Å². The Morgan fingerprint density at radius 2 is 2.55 bits per heavy atom. The second-order valence-electron chi connectivity index (χ2n) is 1.99. The third-order valence-electron chi connectivity index (χ3n) is 1.31. The van der Waals surface area contributed by atoms with Crippen molar-refractivity contribution in [1.29, 1.82) is 5.26 Å². The molecule has 0 unspecified atom stereocenters. The lowest BCUT2D eigenvalue weighted by atomic mass is 10.3. The van der Waals surface area contributed by atoms with E-state index in [1.54, 1.807) is 25.4 Å². The number of hydrogen-bond donors (Lipinski definition) is 0. The van der Waals surface area contributed by atoms with Gasteiger partial charge in [-0.15, -0.1) is 0 Å². The summed E-state index contributed by atoms with van der Waals surface area (Å²) in [5, 5.41) is 8.39. The van der Waals surface area contributed by atoms with E-state index in [9.17, 15) is 0 Å². The smallest absolute Gasteiger partial charge is 0.141 e. The number of rotatable bonds is 2. The molecule has 0 saturated carbocycles. The highest BCUT2D eigenvalue weighted by Gasteiger charge is 2.00. The average Bonchev–Trinajstić information content (AvgIpc) is 2.06. The largest absolute Gasteiger partial charge is 0.495 e. The van der Waals surface area contributed by atoms with Gasteiger partial charge in [-0.2, -0.15) is 5.26 Å². The topological polar surface area (TPSA) is 45.9 Å². The maximum absolute atomic E-state index is 8.39. The van der Waals surface area contributed by atoms with Crippen molar-refractivity contribution < 1.29 is 4.74 Å². The van der Waals surface area contributed by atoms with Crippen LogP contribution in [0.5, 0.6) is 5.75 Å². The van der Waals surface area contributed by atoms with Crippen LogP contribution < -0.4 is 4.74 Å². The van der Waals surface area contributed by atoms with Crippen LogP contribution in [0.1, 0.15) is 5.69 Å². The molecule has 0 bridgehead atoms. The van der Waals surface area contributed by atoms with E-state index in [1.165, 1.54) is 0 Å². The fourth-order valence-corrected chi connectivity index (χ4v) is 0.817. The molecule has 0 aliphatic heterocycles. The normalized spacial score (nSPS) is 8.73. The van der Waals surface area contributed by atoms with E-state index >= 15 is 0 Å². The standard InChI is InChI=1S/C8H8N2O/c1-11-8-3-2-6-10-7(8)4-5-9/h2-3,6H,4H2,1H3. The number of ether oxygens (including phenoxy) is 1. The molecule has 3 nitrogen and oxygen atoms in total. The molecule has 0 saturated heterocycles. The maximum atomic E-state index is 8.39. The summed E-state index contributed by atoms with van der Waals surface area (Å²) in [4.78, 5) is 3.99. The summed E-state index contributed by atoms with van der Waals surface area (Å²) < 4.78 is 4.98. The molecular formula is C8H8N2O. The van der Waals surface area contributed by atoms with Crippen molar-refractivity contribution in [2.75, 3.05) is 7.11 Å². The van der Waals surface area contributed by atoms with Gasteiger partial charge in [-0.1, -0.05) is 0 Å². The molecule has 11 heavy (non-hydrogen) atoms. The Labute approximate surface area is 65.3 Å². The second-order valence-corrected chi connectivity index (χ2v) is 1.99. The van der Waals surface area contributed by atoms with Crippen molar-refractivity contribution >= 4 is 0 Å². The molecule has 1 aromatic heterocycles. The van der Waals surface area contributed by atoms with Crippen molar-refractivity contribution in [2.45, 2.75) is 6.42 Å². The van der Waals surface area contributed by atoms with Crippen LogP contribution in [0.15, 0.2) is 18.3 Å². The SMILES string of the molecule is COc1cccnc1CC#N. The van der Waals surface area contributed by atoms with Crippen LogP contribution in [-0.4, -0.2) is 12.1 Å². The third-order valence-corrected chi connectivity index (χ3v) is 1.31. The zero-order valence-corrected chi connectivity index (χ0v) is 6.24. The zero-order chi connectivity index (χ0) is 8.10. The monoisotopic (exact) mass is 148 g/mol. The highest BCUT2D eigenvalue weighted by molar-refractivity contribution is 5.28. The average molecular weight is 148 g/mol. The predicted octanol–water partition coefficient (Wildman–Crippen LogP) is 1.16. The molecule has 0 amide bonds. The minimum absolute atomic E-state index is 0.296. The summed E-state index contributed by atoms with van der Waals surface area (Å²) in [7, 11) is 1.57. The predicted molar refractivity (Wildman–Crippen MR) is 40.1 cm³/mol. The van der Waals surface area contributed by atoms with Crippen LogP contribution in [-0.2, 0) is 6.42 Å². The molecule has 56 valence electrons. The zero-order valence-electron chi connectivity index (χ0n) is 6.24. The van der Waals surface area contributed by atoms with Crippen LogP contribution in [0.25, 0.3) is 0 Å². The number of nitriles is 1. The lowest BCUT2D eigenvalue weighted by molar-refractivity contribution is 0.408. The first-order chi connectivity index (χ1) is 5.38. The van der Waals surface area contributed by atoms with Crippen molar-refractivity contribution in [3.63, 3.8) is 0 Å².